The number of nitrogens with zero attached hydrogens (tertiary/aromatic N) is 4. The summed E-state index contributed by atoms with van der Waals surface area (Å²) >= 11 is 0. The van der Waals surface area contributed by atoms with E-state index in [1.165, 1.54) is 6.42 Å². The number of Topliss-reactive ketones (excluding diaryl/α,β-unsaturated/α-hetero) is 1. The topological polar surface area (TPSA) is 56.8 Å². The van der Waals surface area contributed by atoms with Crippen LogP contribution in [0.5, 0.6) is 0 Å². The molecule has 1 atom stereocenters. The molecule has 1 spiro atoms. The summed E-state index contributed by atoms with van der Waals surface area (Å²) in [4.78, 5) is 34.8. The van der Waals surface area contributed by atoms with Crippen molar-refractivity contribution in [3.8, 4) is 0 Å². The van der Waals surface area contributed by atoms with Crippen LogP contribution in [0.25, 0.3) is 0 Å². The van der Waals surface area contributed by atoms with Crippen molar-refractivity contribution in [1.82, 2.24) is 14.8 Å². The summed E-state index contributed by atoms with van der Waals surface area (Å²) in [6.07, 6.45) is 5.57. The Morgan fingerprint density at radius 3 is 2.73 bits per heavy atom. The molecule has 0 radical (unpaired) electrons. The minimum atomic E-state index is 0.0430. The number of carbonyl (C=O) groups is 2. The van der Waals surface area contributed by atoms with Gasteiger partial charge in [0, 0.05) is 56.3 Å². The highest BCUT2D eigenvalue weighted by Gasteiger charge is 2.41. The van der Waals surface area contributed by atoms with Crippen molar-refractivity contribution in [2.75, 3.05) is 51.7 Å². The SMILES string of the molecule is CC(=O)c1ccc(N2CCCC3(CCC(=O)N(CCN(C)C)C3)C2)nc1. The third kappa shape index (κ3) is 4.23. The van der Waals surface area contributed by atoms with Crippen LogP contribution in [0.15, 0.2) is 18.3 Å². The number of piperidine rings is 2. The van der Waals surface area contributed by atoms with Crippen LogP contribution in [0.3, 0.4) is 0 Å². The molecule has 142 valence electrons. The number of likely N-dealkylation sites (N-methyl/N-ethyl adjacent to an activating group) is 1. The van der Waals surface area contributed by atoms with Crippen LogP contribution in [0.2, 0.25) is 0 Å². The number of ketones is 1. The first-order valence-electron chi connectivity index (χ1n) is 9.53. The summed E-state index contributed by atoms with van der Waals surface area (Å²) < 4.78 is 0. The lowest BCUT2D eigenvalue weighted by Gasteiger charge is -2.48. The first kappa shape index (κ1) is 18.8. The summed E-state index contributed by atoms with van der Waals surface area (Å²) in [5.41, 5.74) is 0.818. The molecule has 3 rings (SSSR count). The molecule has 3 heterocycles. The van der Waals surface area contributed by atoms with Crippen LogP contribution in [0.1, 0.15) is 43.0 Å². The highest BCUT2D eigenvalue weighted by atomic mass is 16.2. The number of likely N-dealkylation sites (tertiary alicyclic amines) is 1. The smallest absolute Gasteiger partial charge is 0.222 e. The van der Waals surface area contributed by atoms with E-state index in [2.05, 4.69) is 19.7 Å². The van der Waals surface area contributed by atoms with E-state index < -0.39 is 0 Å². The number of anilines is 1. The monoisotopic (exact) mass is 358 g/mol. The van der Waals surface area contributed by atoms with Crippen molar-refractivity contribution in [3.05, 3.63) is 23.9 Å². The molecule has 2 aliphatic rings. The lowest BCUT2D eigenvalue weighted by atomic mass is 9.73. The average molecular weight is 358 g/mol. The van der Waals surface area contributed by atoms with E-state index in [0.29, 0.717) is 17.9 Å². The van der Waals surface area contributed by atoms with Gasteiger partial charge in [0.25, 0.3) is 0 Å². The van der Waals surface area contributed by atoms with Crippen LogP contribution in [0, 0.1) is 5.41 Å². The lowest BCUT2D eigenvalue weighted by molar-refractivity contribution is -0.138. The molecule has 0 aromatic carbocycles. The van der Waals surface area contributed by atoms with Crippen molar-refractivity contribution in [3.63, 3.8) is 0 Å². The van der Waals surface area contributed by atoms with Gasteiger partial charge in [-0.2, -0.15) is 0 Å². The van der Waals surface area contributed by atoms with Gasteiger partial charge in [0.1, 0.15) is 5.82 Å². The molecule has 1 amide bonds. The average Bonchev–Trinajstić information content (AvgIpc) is 2.63. The third-order valence-electron chi connectivity index (χ3n) is 5.71. The van der Waals surface area contributed by atoms with Gasteiger partial charge in [-0.05, 0) is 52.4 Å². The fourth-order valence-electron chi connectivity index (χ4n) is 4.14. The number of aromatic nitrogens is 1. The Morgan fingerprint density at radius 2 is 2.08 bits per heavy atom. The molecule has 1 aromatic heterocycles. The van der Waals surface area contributed by atoms with Gasteiger partial charge in [-0.1, -0.05) is 0 Å². The Hall–Kier alpha value is -1.95. The van der Waals surface area contributed by atoms with Gasteiger partial charge in [-0.25, -0.2) is 4.98 Å². The van der Waals surface area contributed by atoms with Crippen molar-refractivity contribution < 1.29 is 9.59 Å². The van der Waals surface area contributed by atoms with Crippen LogP contribution in [0.4, 0.5) is 5.82 Å². The molecule has 1 unspecified atom stereocenters. The normalized spacial score (nSPS) is 23.8. The summed E-state index contributed by atoms with van der Waals surface area (Å²) in [6.45, 7) is 6.04. The molecule has 6 nitrogen and oxygen atoms in total. The van der Waals surface area contributed by atoms with E-state index in [0.717, 1.165) is 51.4 Å². The first-order valence-corrected chi connectivity index (χ1v) is 9.53. The molecule has 2 fully saturated rings. The molecule has 26 heavy (non-hydrogen) atoms. The van der Waals surface area contributed by atoms with Crippen molar-refractivity contribution in [2.45, 2.75) is 32.6 Å². The summed E-state index contributed by atoms with van der Waals surface area (Å²) in [6, 6.07) is 3.81. The maximum atomic E-state index is 12.3. The van der Waals surface area contributed by atoms with Crippen LogP contribution in [-0.4, -0.2) is 73.3 Å². The van der Waals surface area contributed by atoms with Crippen LogP contribution >= 0.6 is 0 Å². The second kappa shape index (κ2) is 7.74. The number of carbonyl (C=O) groups excluding carboxylic acids is 2. The molecular formula is C20H30N4O2. The maximum Gasteiger partial charge on any atom is 0.222 e. The zero-order valence-corrected chi connectivity index (χ0v) is 16.2. The quantitative estimate of drug-likeness (QED) is 0.754. The van der Waals surface area contributed by atoms with Gasteiger partial charge >= 0.3 is 0 Å². The Morgan fingerprint density at radius 1 is 1.27 bits per heavy atom. The van der Waals surface area contributed by atoms with E-state index in [1.54, 1.807) is 13.1 Å². The van der Waals surface area contributed by atoms with Gasteiger partial charge in [0.05, 0.1) is 0 Å². The number of hydrogen-bond acceptors (Lipinski definition) is 5. The highest BCUT2D eigenvalue weighted by molar-refractivity contribution is 5.93. The largest absolute Gasteiger partial charge is 0.356 e. The van der Waals surface area contributed by atoms with Gasteiger partial charge in [0.2, 0.25) is 5.91 Å². The molecule has 0 saturated carbocycles. The van der Waals surface area contributed by atoms with Gasteiger partial charge < -0.3 is 14.7 Å². The number of rotatable bonds is 5. The predicted octanol–water partition coefficient (Wildman–Crippen LogP) is 2.05. The molecular weight excluding hydrogens is 328 g/mol. The molecule has 2 aliphatic heterocycles. The molecule has 0 N–H and O–H groups in total. The van der Waals surface area contributed by atoms with E-state index in [9.17, 15) is 9.59 Å². The molecule has 6 heteroatoms. The van der Waals surface area contributed by atoms with Crippen LogP contribution in [-0.2, 0) is 4.79 Å². The maximum absolute atomic E-state index is 12.3. The zero-order chi connectivity index (χ0) is 18.7. The number of amides is 1. The number of pyridine rings is 1. The number of hydrogen-bond donors (Lipinski definition) is 0. The minimum Gasteiger partial charge on any atom is -0.356 e. The fraction of sp³-hybridized carbons (Fsp3) is 0.650. The summed E-state index contributed by atoms with van der Waals surface area (Å²) in [5.74, 6) is 1.27. The van der Waals surface area contributed by atoms with Gasteiger partial charge in [-0.3, -0.25) is 9.59 Å². The van der Waals surface area contributed by atoms with E-state index in [-0.39, 0.29) is 11.2 Å². The lowest BCUT2D eigenvalue weighted by Crippen LogP contribution is -2.55. The van der Waals surface area contributed by atoms with Crippen molar-refractivity contribution >= 4 is 17.5 Å². The standard InChI is InChI=1S/C20H30N4O2/c1-16(25)17-5-6-18(21-13-17)23-10-4-8-20(14-23)9-7-19(26)24(15-20)12-11-22(2)3/h5-6,13H,4,7-12,14-15H2,1-3H3. The molecule has 0 bridgehead atoms. The zero-order valence-electron chi connectivity index (χ0n) is 16.2. The Kier molecular flexibility index (Phi) is 5.61. The predicted molar refractivity (Wildman–Crippen MR) is 102 cm³/mol. The Labute approximate surface area is 156 Å². The Bertz CT molecular complexity index is 658. The van der Waals surface area contributed by atoms with E-state index >= 15 is 0 Å². The molecule has 1 aromatic rings. The van der Waals surface area contributed by atoms with Crippen LogP contribution < -0.4 is 4.90 Å². The highest BCUT2D eigenvalue weighted by Crippen LogP contribution is 2.39. The Balaban J connectivity index is 1.70. The second-order valence-corrected chi connectivity index (χ2v) is 8.10. The summed E-state index contributed by atoms with van der Waals surface area (Å²) in [5, 5.41) is 0. The molecule has 0 aliphatic carbocycles. The van der Waals surface area contributed by atoms with Crippen molar-refractivity contribution in [1.29, 1.82) is 0 Å². The van der Waals surface area contributed by atoms with E-state index in [1.807, 2.05) is 26.2 Å². The fourth-order valence-corrected chi connectivity index (χ4v) is 4.14. The molecule has 2 saturated heterocycles. The summed E-state index contributed by atoms with van der Waals surface area (Å²) in [7, 11) is 4.09. The first-order chi connectivity index (χ1) is 12.4. The second-order valence-electron chi connectivity index (χ2n) is 8.10. The third-order valence-corrected chi connectivity index (χ3v) is 5.71. The van der Waals surface area contributed by atoms with Gasteiger partial charge in [-0.15, -0.1) is 0 Å². The minimum absolute atomic E-state index is 0.0430. The van der Waals surface area contributed by atoms with Crippen molar-refractivity contribution in [2.24, 2.45) is 5.41 Å². The van der Waals surface area contributed by atoms with Gasteiger partial charge in [0.15, 0.2) is 5.78 Å². The van der Waals surface area contributed by atoms with E-state index in [4.69, 9.17) is 0 Å².